The van der Waals surface area contributed by atoms with Gasteiger partial charge in [-0.25, -0.2) is 0 Å². The third kappa shape index (κ3) is 280. The van der Waals surface area contributed by atoms with Crippen molar-refractivity contribution in [2.24, 2.45) is 0 Å². The van der Waals surface area contributed by atoms with E-state index >= 15 is 0 Å². The SMILES string of the molecule is C.C.C.C.C.S.S.S.S.S.S. The average molecular weight is 285 g/mol. The van der Waals surface area contributed by atoms with Crippen molar-refractivity contribution in [2.45, 2.75) is 37.1 Å². The molecule has 0 heterocycles. The first kappa shape index (κ1) is 435. The lowest BCUT2D eigenvalue weighted by molar-refractivity contribution is 2.50. The first-order chi connectivity index (χ1) is 0. The second kappa shape index (κ2) is 338. The zero-order chi connectivity index (χ0) is 0. The van der Waals surface area contributed by atoms with Crippen LogP contribution in [0.4, 0.5) is 0 Å². The quantitative estimate of drug-likeness (QED) is 0.634. The van der Waals surface area contributed by atoms with E-state index in [2.05, 4.69) is 0 Å². The summed E-state index contributed by atoms with van der Waals surface area (Å²) < 4.78 is 0. The molecule has 0 aromatic rings. The van der Waals surface area contributed by atoms with Gasteiger partial charge in [-0.2, -0.15) is 81.0 Å². The molecule has 0 aromatic heterocycles. The lowest BCUT2D eigenvalue weighted by Crippen LogP contribution is 0.143. The summed E-state index contributed by atoms with van der Waals surface area (Å²) in [4.78, 5) is 0. The summed E-state index contributed by atoms with van der Waals surface area (Å²) in [7, 11) is 0. The van der Waals surface area contributed by atoms with Crippen molar-refractivity contribution >= 4 is 81.0 Å². The van der Waals surface area contributed by atoms with E-state index in [0.717, 1.165) is 0 Å². The van der Waals surface area contributed by atoms with Gasteiger partial charge < -0.3 is 0 Å². The Morgan fingerprint density at radius 3 is 0.182 bits per heavy atom. The highest BCUT2D eigenvalue weighted by Gasteiger charge is -0.0733. The molecule has 88 valence electrons. The van der Waals surface area contributed by atoms with E-state index in [1.54, 1.807) is 0 Å². The molecule has 0 aliphatic heterocycles. The molecule has 0 aliphatic carbocycles. The summed E-state index contributed by atoms with van der Waals surface area (Å²) in [5.41, 5.74) is 0. The van der Waals surface area contributed by atoms with Crippen LogP contribution in [0.25, 0.3) is 0 Å². The standard InChI is InChI=1S/5CH4.6H2S/h5*1H4;6*1H2. The number of hydrogen-bond donors (Lipinski definition) is 0. The molecular weight excluding hydrogens is 252 g/mol. The largest absolute Gasteiger partial charge is 0.197 e. The molecule has 11 heavy (non-hydrogen) atoms. The first-order valence-corrected chi connectivity index (χ1v) is 0. The van der Waals surface area contributed by atoms with Crippen molar-refractivity contribution in [2.75, 3.05) is 0 Å². The predicted molar refractivity (Wildman–Crippen MR) is 95.9 cm³/mol. The Labute approximate surface area is 117 Å². The molecular formula is C5H32S6. The molecule has 0 fully saturated rings. The zero-order valence-electron chi connectivity index (χ0n) is 3.00. The molecule has 0 aliphatic rings. The Kier molecular flexibility index (Phi) is 13400. The van der Waals surface area contributed by atoms with Crippen LogP contribution in [0.15, 0.2) is 0 Å². The topological polar surface area (TPSA) is 0 Å². The number of hydrogen-bond acceptors (Lipinski definition) is 0. The van der Waals surface area contributed by atoms with E-state index in [0.29, 0.717) is 0 Å². The van der Waals surface area contributed by atoms with Gasteiger partial charge in [0, 0.05) is 0 Å². The minimum Gasteiger partial charge on any atom is -0.197 e. The highest BCUT2D eigenvalue weighted by Crippen LogP contribution is 0.653. The lowest BCUT2D eigenvalue weighted by Gasteiger charge is -0.198. The van der Waals surface area contributed by atoms with Gasteiger partial charge in [0.2, 0.25) is 0 Å². The molecule has 0 N–H and O–H groups in total. The normalized spacial score (nSPS) is 0. The Morgan fingerprint density at radius 2 is 0.182 bits per heavy atom. The molecule has 0 saturated heterocycles. The molecule has 0 saturated carbocycles. The van der Waals surface area contributed by atoms with Crippen molar-refractivity contribution in [1.29, 1.82) is 0 Å². The van der Waals surface area contributed by atoms with E-state index in [1.165, 1.54) is 0 Å². The molecule has 0 atom stereocenters. The molecule has 0 nitrogen and oxygen atoms in total. The van der Waals surface area contributed by atoms with Crippen LogP contribution in [0.5, 0.6) is 0 Å². The Balaban J connectivity index is 0. The van der Waals surface area contributed by atoms with Gasteiger partial charge in [0.25, 0.3) is 0 Å². The third-order valence-electron chi connectivity index (χ3n) is 0. The zero-order valence-corrected chi connectivity index (χ0v) is 9.00. The van der Waals surface area contributed by atoms with Gasteiger partial charge in [-0.05, 0) is 0 Å². The van der Waals surface area contributed by atoms with Crippen LogP contribution >= 0.6 is 81.0 Å². The van der Waals surface area contributed by atoms with Crippen molar-refractivity contribution in [3.05, 3.63) is 0 Å². The maximum atomic E-state index is 0. The summed E-state index contributed by atoms with van der Waals surface area (Å²) in [6.07, 6.45) is 0. The fraction of sp³-hybridized carbons (Fsp3) is 1.00. The molecule has 0 amide bonds. The van der Waals surface area contributed by atoms with E-state index in [4.69, 9.17) is 0 Å². The summed E-state index contributed by atoms with van der Waals surface area (Å²) in [5.74, 6) is 0. The lowest BCUT2D eigenvalue weighted by atomic mass is 12.0. The van der Waals surface area contributed by atoms with Crippen LogP contribution in [-0.2, 0) is 0 Å². The second-order valence-corrected chi connectivity index (χ2v) is 0. The molecule has 0 radical (unpaired) electrons. The van der Waals surface area contributed by atoms with Crippen molar-refractivity contribution in [3.63, 3.8) is 0 Å². The molecule has 0 rings (SSSR count). The van der Waals surface area contributed by atoms with Gasteiger partial charge in [-0.1, -0.05) is 37.1 Å². The highest BCUT2D eigenvalue weighted by atomic mass is 32.1. The average Bonchev–Trinajstić information content (AvgIpc) is 0. The fourth-order valence-corrected chi connectivity index (χ4v) is 0. The van der Waals surface area contributed by atoms with Crippen LogP contribution < -0.4 is 0 Å². The van der Waals surface area contributed by atoms with Gasteiger partial charge in [-0.15, -0.1) is 0 Å². The minimum atomic E-state index is 0. The molecule has 0 spiro atoms. The maximum Gasteiger partial charge on any atom is -0.0776 e. The monoisotopic (exact) mass is 284 g/mol. The van der Waals surface area contributed by atoms with Crippen LogP contribution in [0.1, 0.15) is 37.1 Å². The van der Waals surface area contributed by atoms with Gasteiger partial charge in [-0.3, -0.25) is 0 Å². The summed E-state index contributed by atoms with van der Waals surface area (Å²) >= 11 is 0. The highest BCUT2D eigenvalue weighted by molar-refractivity contribution is 7.60. The predicted octanol–water partition coefficient (Wildman–Crippen LogP) is 3.86. The number of rotatable bonds is 0. The van der Waals surface area contributed by atoms with E-state index in [-0.39, 0.29) is 118 Å². The smallest absolute Gasteiger partial charge is 0.0776 e. The second-order valence-electron chi connectivity index (χ2n) is 0. The summed E-state index contributed by atoms with van der Waals surface area (Å²) in [6.45, 7) is 0. The maximum absolute atomic E-state index is 0. The van der Waals surface area contributed by atoms with Gasteiger partial charge in [0.1, 0.15) is 0 Å². The summed E-state index contributed by atoms with van der Waals surface area (Å²) in [6, 6.07) is 0. The molecule has 0 aromatic carbocycles. The molecule has 6 heteroatoms. The van der Waals surface area contributed by atoms with Gasteiger partial charge in [0.05, 0.1) is 0 Å². The van der Waals surface area contributed by atoms with Crippen LogP contribution in [0, 0.1) is 0 Å². The minimum absolute atomic E-state index is 0. The Bertz CT molecular complexity index is 10.9. The van der Waals surface area contributed by atoms with Gasteiger partial charge in [0.15, 0.2) is 0 Å². The molecule has 0 bridgehead atoms. The van der Waals surface area contributed by atoms with Crippen LogP contribution in [-0.4, -0.2) is 0 Å². The van der Waals surface area contributed by atoms with Crippen molar-refractivity contribution in [3.8, 4) is 0 Å². The van der Waals surface area contributed by atoms with E-state index in [9.17, 15) is 0 Å². The first-order valence-electron chi connectivity index (χ1n) is 0. The summed E-state index contributed by atoms with van der Waals surface area (Å²) in [5, 5.41) is 0. The Morgan fingerprint density at radius 1 is 0.182 bits per heavy atom. The third-order valence-corrected chi connectivity index (χ3v) is 0. The van der Waals surface area contributed by atoms with Crippen LogP contribution in [0.2, 0.25) is 0 Å². The van der Waals surface area contributed by atoms with Crippen molar-refractivity contribution in [1.82, 2.24) is 0 Å². The van der Waals surface area contributed by atoms with E-state index < -0.39 is 0 Å². The van der Waals surface area contributed by atoms with Crippen LogP contribution in [0.3, 0.4) is 0 Å². The molecule has 0 unspecified atom stereocenters. The Hall–Kier alpha value is 2.10. The fourth-order valence-electron chi connectivity index (χ4n) is 0. The van der Waals surface area contributed by atoms with Crippen molar-refractivity contribution < 1.29 is 0 Å². The van der Waals surface area contributed by atoms with E-state index in [1.807, 2.05) is 0 Å². The van der Waals surface area contributed by atoms with Gasteiger partial charge >= 0.3 is 0 Å².